The van der Waals surface area contributed by atoms with Crippen LogP contribution in [0.3, 0.4) is 0 Å². The molecule has 1 aromatic rings. The van der Waals surface area contributed by atoms with Crippen LogP contribution in [0.2, 0.25) is 0 Å². The second kappa shape index (κ2) is 6.02. The van der Waals surface area contributed by atoms with E-state index in [-0.39, 0.29) is 29.8 Å². The highest BCUT2D eigenvalue weighted by atomic mass is 35.5. The molecule has 0 bridgehead atoms. The number of halogens is 1. The lowest BCUT2D eigenvalue weighted by Gasteiger charge is -2.33. The summed E-state index contributed by atoms with van der Waals surface area (Å²) in [5.41, 5.74) is 0.790. The molecule has 2 atom stereocenters. The second-order valence-electron chi connectivity index (χ2n) is 5.72. The van der Waals surface area contributed by atoms with E-state index in [1.807, 2.05) is 31.2 Å². The fourth-order valence-corrected chi connectivity index (χ4v) is 2.86. The minimum atomic E-state index is -0.296. The van der Waals surface area contributed by atoms with Gasteiger partial charge < -0.3 is 15.4 Å². The van der Waals surface area contributed by atoms with Crippen LogP contribution in [0.25, 0.3) is 0 Å². The van der Waals surface area contributed by atoms with E-state index in [9.17, 15) is 4.79 Å². The van der Waals surface area contributed by atoms with Crippen molar-refractivity contribution in [2.75, 3.05) is 19.7 Å². The van der Waals surface area contributed by atoms with Gasteiger partial charge in [-0.3, -0.25) is 4.79 Å². The third-order valence-corrected chi connectivity index (χ3v) is 4.15. The zero-order valence-corrected chi connectivity index (χ0v) is 12.5. The van der Waals surface area contributed by atoms with Crippen LogP contribution in [0.5, 0.6) is 5.75 Å². The van der Waals surface area contributed by atoms with Gasteiger partial charge in [-0.1, -0.05) is 18.2 Å². The summed E-state index contributed by atoms with van der Waals surface area (Å²) in [6.45, 7) is 4.34. The van der Waals surface area contributed by atoms with Gasteiger partial charge in [-0.2, -0.15) is 0 Å². The summed E-state index contributed by atoms with van der Waals surface area (Å²) in [7, 11) is 0. The number of benzene rings is 1. The van der Waals surface area contributed by atoms with Gasteiger partial charge in [0.25, 0.3) is 0 Å². The van der Waals surface area contributed by atoms with Crippen LogP contribution in [-0.2, 0) is 4.79 Å². The molecule has 2 unspecified atom stereocenters. The monoisotopic (exact) mass is 296 g/mol. The molecule has 110 valence electrons. The summed E-state index contributed by atoms with van der Waals surface area (Å²) >= 11 is 0. The second-order valence-corrected chi connectivity index (χ2v) is 5.72. The lowest BCUT2D eigenvalue weighted by Crippen LogP contribution is -2.49. The van der Waals surface area contributed by atoms with E-state index in [2.05, 4.69) is 10.6 Å². The Hall–Kier alpha value is -1.26. The minimum Gasteiger partial charge on any atom is -0.491 e. The number of piperidine rings is 1. The molecule has 2 aliphatic rings. The van der Waals surface area contributed by atoms with Gasteiger partial charge in [0.1, 0.15) is 12.4 Å². The first-order valence-corrected chi connectivity index (χ1v) is 6.92. The number of para-hydroxylation sites is 1. The van der Waals surface area contributed by atoms with Gasteiger partial charge in [0.2, 0.25) is 5.91 Å². The number of fused-ring (bicyclic) bond motifs is 1. The molecule has 3 rings (SSSR count). The van der Waals surface area contributed by atoms with E-state index in [0.29, 0.717) is 6.61 Å². The average Bonchev–Trinajstić information content (AvgIpc) is 2.83. The normalized spacial score (nSPS) is 27.9. The maximum Gasteiger partial charge on any atom is 0.227 e. The SMILES string of the molecule is CC1(C(=O)NC2COc3ccccc32)CCCNC1.Cl. The van der Waals surface area contributed by atoms with Crippen molar-refractivity contribution in [2.45, 2.75) is 25.8 Å². The molecule has 0 aliphatic carbocycles. The predicted octanol–water partition coefficient (Wildman–Crippen LogP) is 2.05. The summed E-state index contributed by atoms with van der Waals surface area (Å²) in [5.74, 6) is 1.02. The fraction of sp³-hybridized carbons (Fsp3) is 0.533. The molecule has 0 saturated carbocycles. The van der Waals surface area contributed by atoms with E-state index in [1.165, 1.54) is 0 Å². The molecule has 2 aliphatic heterocycles. The van der Waals surface area contributed by atoms with Crippen LogP contribution in [0, 0.1) is 5.41 Å². The molecule has 1 amide bonds. The lowest BCUT2D eigenvalue weighted by atomic mass is 9.81. The maximum absolute atomic E-state index is 12.5. The minimum absolute atomic E-state index is 0. The molecule has 2 heterocycles. The first-order valence-electron chi connectivity index (χ1n) is 6.92. The number of amides is 1. The summed E-state index contributed by atoms with van der Waals surface area (Å²) < 4.78 is 5.60. The number of nitrogens with one attached hydrogen (secondary N) is 2. The highest BCUT2D eigenvalue weighted by Crippen LogP contribution is 2.33. The molecule has 5 heteroatoms. The van der Waals surface area contributed by atoms with Crippen LogP contribution >= 0.6 is 12.4 Å². The van der Waals surface area contributed by atoms with E-state index in [1.54, 1.807) is 0 Å². The van der Waals surface area contributed by atoms with E-state index in [0.717, 1.165) is 37.2 Å². The van der Waals surface area contributed by atoms with Gasteiger partial charge in [0.15, 0.2) is 0 Å². The van der Waals surface area contributed by atoms with Gasteiger partial charge in [0, 0.05) is 12.1 Å². The lowest BCUT2D eigenvalue weighted by molar-refractivity contribution is -0.132. The molecule has 1 aromatic carbocycles. The zero-order chi connectivity index (χ0) is 13.3. The molecule has 2 N–H and O–H groups in total. The number of carbonyl (C=O) groups excluding carboxylic acids is 1. The Kier molecular flexibility index (Phi) is 4.55. The van der Waals surface area contributed by atoms with Crippen molar-refractivity contribution in [3.8, 4) is 5.75 Å². The van der Waals surface area contributed by atoms with Gasteiger partial charge in [-0.15, -0.1) is 12.4 Å². The van der Waals surface area contributed by atoms with Gasteiger partial charge in [-0.25, -0.2) is 0 Å². The van der Waals surface area contributed by atoms with E-state index < -0.39 is 0 Å². The number of hydrogen-bond donors (Lipinski definition) is 2. The quantitative estimate of drug-likeness (QED) is 0.878. The van der Waals surface area contributed by atoms with Gasteiger partial charge in [0.05, 0.1) is 11.5 Å². The fourth-order valence-electron chi connectivity index (χ4n) is 2.86. The molecule has 0 radical (unpaired) electrons. The van der Waals surface area contributed by atoms with Gasteiger partial charge in [-0.05, 0) is 32.4 Å². The third kappa shape index (κ3) is 2.76. The van der Waals surface area contributed by atoms with Crippen LogP contribution in [0.1, 0.15) is 31.4 Å². The smallest absolute Gasteiger partial charge is 0.227 e. The standard InChI is InChI=1S/C15H20N2O2.ClH/c1-15(7-4-8-16-10-15)14(18)17-12-9-19-13-6-3-2-5-11(12)13;/h2-3,5-6,12,16H,4,7-10H2,1H3,(H,17,18);1H. The van der Waals surface area contributed by atoms with Crippen LogP contribution in [0.15, 0.2) is 24.3 Å². The summed E-state index contributed by atoms with van der Waals surface area (Å²) in [5, 5.41) is 6.45. The average molecular weight is 297 g/mol. The van der Waals surface area contributed by atoms with Crippen LogP contribution in [0.4, 0.5) is 0 Å². The predicted molar refractivity (Wildman–Crippen MR) is 80.3 cm³/mol. The number of carbonyl (C=O) groups is 1. The Labute approximate surface area is 125 Å². The number of ether oxygens (including phenoxy) is 1. The molecule has 0 spiro atoms. The van der Waals surface area contributed by atoms with E-state index in [4.69, 9.17) is 4.74 Å². The Bertz CT molecular complexity index is 487. The molecular weight excluding hydrogens is 276 g/mol. The van der Waals surface area contributed by atoms with Gasteiger partial charge >= 0.3 is 0 Å². The summed E-state index contributed by atoms with van der Waals surface area (Å²) in [6, 6.07) is 7.90. The highest BCUT2D eigenvalue weighted by molar-refractivity contribution is 5.85. The first-order chi connectivity index (χ1) is 9.19. The van der Waals surface area contributed by atoms with Crippen molar-refractivity contribution in [2.24, 2.45) is 5.41 Å². The van der Waals surface area contributed by atoms with E-state index >= 15 is 0 Å². The Morgan fingerprint density at radius 1 is 1.45 bits per heavy atom. The topological polar surface area (TPSA) is 50.4 Å². The van der Waals surface area contributed by atoms with Crippen molar-refractivity contribution in [1.82, 2.24) is 10.6 Å². The largest absolute Gasteiger partial charge is 0.491 e. The molecule has 1 saturated heterocycles. The molecule has 20 heavy (non-hydrogen) atoms. The third-order valence-electron chi connectivity index (χ3n) is 4.15. The highest BCUT2D eigenvalue weighted by Gasteiger charge is 2.37. The Morgan fingerprint density at radius 2 is 2.25 bits per heavy atom. The van der Waals surface area contributed by atoms with Crippen molar-refractivity contribution >= 4 is 18.3 Å². The summed E-state index contributed by atoms with van der Waals surface area (Å²) in [6.07, 6.45) is 2.00. The zero-order valence-electron chi connectivity index (χ0n) is 11.6. The van der Waals surface area contributed by atoms with Crippen molar-refractivity contribution in [1.29, 1.82) is 0 Å². The Balaban J connectivity index is 0.00000147. The molecular formula is C15H21ClN2O2. The number of rotatable bonds is 2. The maximum atomic E-state index is 12.5. The summed E-state index contributed by atoms with van der Waals surface area (Å²) in [4.78, 5) is 12.5. The molecule has 1 fully saturated rings. The van der Waals surface area contributed by atoms with Crippen molar-refractivity contribution in [3.05, 3.63) is 29.8 Å². The number of hydrogen-bond acceptors (Lipinski definition) is 3. The molecule has 0 aromatic heterocycles. The first kappa shape index (κ1) is 15.1. The Morgan fingerprint density at radius 3 is 3.00 bits per heavy atom. The molecule has 4 nitrogen and oxygen atoms in total. The van der Waals surface area contributed by atoms with Crippen molar-refractivity contribution < 1.29 is 9.53 Å². The van der Waals surface area contributed by atoms with Crippen LogP contribution in [-0.4, -0.2) is 25.6 Å². The van der Waals surface area contributed by atoms with Crippen molar-refractivity contribution in [3.63, 3.8) is 0 Å². The van der Waals surface area contributed by atoms with Crippen LogP contribution < -0.4 is 15.4 Å².